The molecule has 0 aliphatic heterocycles. The Morgan fingerprint density at radius 1 is 1.00 bits per heavy atom. The highest BCUT2D eigenvalue weighted by molar-refractivity contribution is 5.91. The molecule has 120 valence electrons. The molecule has 2 N–H and O–H groups in total. The van der Waals surface area contributed by atoms with Crippen molar-refractivity contribution in [2.24, 2.45) is 5.92 Å². The molecule has 0 saturated heterocycles. The molecule has 0 heterocycles. The van der Waals surface area contributed by atoms with Crippen LogP contribution in [-0.2, 0) is 19.1 Å². The van der Waals surface area contributed by atoms with Crippen LogP contribution >= 0.6 is 0 Å². The molecule has 0 aromatic heterocycles. The van der Waals surface area contributed by atoms with Gasteiger partial charge in [0, 0.05) is 18.7 Å². The summed E-state index contributed by atoms with van der Waals surface area (Å²) < 4.78 is 9.60. The van der Waals surface area contributed by atoms with Crippen LogP contribution in [0.25, 0.3) is 0 Å². The number of nitrogens with one attached hydrogen (secondary N) is 2. The maximum atomic E-state index is 11.3. The molecule has 21 heavy (non-hydrogen) atoms. The summed E-state index contributed by atoms with van der Waals surface area (Å²) in [6.45, 7) is 8.18. The van der Waals surface area contributed by atoms with E-state index in [-0.39, 0.29) is 25.3 Å². The van der Waals surface area contributed by atoms with E-state index in [1.165, 1.54) is 0 Å². The first-order valence-corrected chi connectivity index (χ1v) is 6.88. The van der Waals surface area contributed by atoms with Gasteiger partial charge in [0.2, 0.25) is 0 Å². The van der Waals surface area contributed by atoms with Crippen LogP contribution in [0.4, 0.5) is 4.79 Å². The summed E-state index contributed by atoms with van der Waals surface area (Å²) in [5, 5.41) is 5.20. The van der Waals surface area contributed by atoms with Crippen LogP contribution in [0.1, 0.15) is 27.7 Å². The molecule has 0 aliphatic rings. The van der Waals surface area contributed by atoms with E-state index in [4.69, 9.17) is 9.47 Å². The molecule has 7 nitrogen and oxygen atoms in total. The Bertz CT molecular complexity index is 378. The third-order valence-electron chi connectivity index (χ3n) is 2.01. The number of rotatable bonds is 8. The number of amides is 2. The van der Waals surface area contributed by atoms with E-state index in [1.54, 1.807) is 13.8 Å². The minimum Gasteiger partial charge on any atom is -0.461 e. The molecule has 0 bridgehead atoms. The monoisotopic (exact) mass is 300 g/mol. The average Bonchev–Trinajstić information content (AvgIpc) is 2.38. The number of ether oxygens (including phenoxy) is 2. The molecule has 2 amide bonds. The first-order valence-electron chi connectivity index (χ1n) is 6.88. The van der Waals surface area contributed by atoms with Crippen molar-refractivity contribution in [1.82, 2.24) is 10.6 Å². The Kier molecular flexibility index (Phi) is 9.66. The van der Waals surface area contributed by atoms with Gasteiger partial charge < -0.3 is 20.1 Å². The van der Waals surface area contributed by atoms with Crippen LogP contribution in [0, 0.1) is 5.92 Å². The number of hydrogen-bond acceptors (Lipinski definition) is 5. The zero-order valence-electron chi connectivity index (χ0n) is 13.0. The van der Waals surface area contributed by atoms with E-state index in [1.807, 2.05) is 13.8 Å². The van der Waals surface area contributed by atoms with Gasteiger partial charge in [0.15, 0.2) is 0 Å². The van der Waals surface area contributed by atoms with E-state index in [9.17, 15) is 14.4 Å². The maximum absolute atomic E-state index is 11.3. The fourth-order valence-electron chi connectivity index (χ4n) is 1.13. The molecular formula is C14H24N2O5. The fraction of sp³-hybridized carbons (Fsp3) is 0.643. The summed E-state index contributed by atoms with van der Waals surface area (Å²) in [6.07, 6.45) is 1.75. The maximum Gasteiger partial charge on any atom is 0.331 e. The largest absolute Gasteiger partial charge is 0.461 e. The van der Waals surface area contributed by atoms with Crippen molar-refractivity contribution >= 4 is 18.0 Å². The van der Waals surface area contributed by atoms with Gasteiger partial charge in [0.25, 0.3) is 0 Å². The van der Waals surface area contributed by atoms with Crippen LogP contribution in [0.3, 0.4) is 0 Å². The molecule has 0 atom stereocenters. The van der Waals surface area contributed by atoms with Gasteiger partial charge in [-0.2, -0.15) is 0 Å². The summed E-state index contributed by atoms with van der Waals surface area (Å²) in [4.78, 5) is 33.6. The third-order valence-corrected chi connectivity index (χ3v) is 2.01. The van der Waals surface area contributed by atoms with E-state index < -0.39 is 11.9 Å². The Hall–Kier alpha value is -2.05. The van der Waals surface area contributed by atoms with E-state index in [0.29, 0.717) is 12.5 Å². The predicted octanol–water partition coefficient (Wildman–Crippen LogP) is 0.993. The number of esters is 2. The lowest BCUT2D eigenvalue weighted by Gasteiger charge is -2.09. The first kappa shape index (κ1) is 18.9. The van der Waals surface area contributed by atoms with Gasteiger partial charge in [0.1, 0.15) is 6.61 Å². The van der Waals surface area contributed by atoms with Crippen molar-refractivity contribution in [3.05, 3.63) is 12.2 Å². The lowest BCUT2D eigenvalue weighted by molar-refractivity contribution is -0.142. The van der Waals surface area contributed by atoms with Crippen LogP contribution in [0.2, 0.25) is 0 Å². The zero-order chi connectivity index (χ0) is 16.3. The highest BCUT2D eigenvalue weighted by Gasteiger charge is 2.04. The van der Waals surface area contributed by atoms with Gasteiger partial charge in [-0.05, 0) is 19.8 Å². The average molecular weight is 300 g/mol. The number of carbonyl (C=O) groups excluding carboxylic acids is 3. The summed E-state index contributed by atoms with van der Waals surface area (Å²) >= 11 is 0. The van der Waals surface area contributed by atoms with Crippen molar-refractivity contribution < 1.29 is 23.9 Å². The second kappa shape index (κ2) is 10.7. The minimum absolute atomic E-state index is 0.0253. The summed E-state index contributed by atoms with van der Waals surface area (Å²) in [5.74, 6) is -0.905. The minimum atomic E-state index is -0.667. The fourth-order valence-corrected chi connectivity index (χ4v) is 1.13. The van der Waals surface area contributed by atoms with E-state index in [0.717, 1.165) is 12.2 Å². The van der Waals surface area contributed by atoms with Gasteiger partial charge >= 0.3 is 18.0 Å². The summed E-state index contributed by atoms with van der Waals surface area (Å²) in [6, 6.07) is -0.309. The van der Waals surface area contributed by atoms with Gasteiger partial charge in [-0.25, -0.2) is 14.4 Å². The highest BCUT2D eigenvalue weighted by Crippen LogP contribution is 1.91. The second-order valence-electron chi connectivity index (χ2n) is 5.02. The standard InChI is InChI=1S/C14H24N2O5/c1-10(2)9-16-14(19)15-7-8-20-12(17)5-6-13(18)21-11(3)4/h5-6,10-11H,7-9H2,1-4H3,(H2,15,16,19)/b6-5+. The number of hydrogen-bond donors (Lipinski definition) is 2. The molecule has 0 aromatic carbocycles. The molecule has 0 fully saturated rings. The summed E-state index contributed by atoms with van der Waals surface area (Å²) in [7, 11) is 0. The molecule has 0 aliphatic carbocycles. The van der Waals surface area contributed by atoms with Crippen molar-refractivity contribution in [2.75, 3.05) is 19.7 Å². The van der Waals surface area contributed by atoms with Crippen molar-refractivity contribution in [1.29, 1.82) is 0 Å². The molecule has 0 spiro atoms. The normalized spacial score (nSPS) is 10.8. The predicted molar refractivity (Wildman–Crippen MR) is 77.6 cm³/mol. The Morgan fingerprint density at radius 2 is 1.62 bits per heavy atom. The summed E-state index contributed by atoms with van der Waals surface area (Å²) in [5.41, 5.74) is 0. The molecule has 0 radical (unpaired) electrons. The first-order chi connectivity index (χ1) is 9.81. The van der Waals surface area contributed by atoms with Crippen LogP contribution < -0.4 is 10.6 Å². The molecule has 7 heteroatoms. The van der Waals surface area contributed by atoms with Crippen molar-refractivity contribution in [3.8, 4) is 0 Å². The molecule has 0 rings (SSSR count). The highest BCUT2D eigenvalue weighted by atomic mass is 16.5. The topological polar surface area (TPSA) is 93.7 Å². The molecule has 0 aromatic rings. The van der Waals surface area contributed by atoms with Crippen LogP contribution in [0.15, 0.2) is 12.2 Å². The number of urea groups is 1. The Morgan fingerprint density at radius 3 is 2.19 bits per heavy atom. The molecule has 0 saturated carbocycles. The second-order valence-corrected chi connectivity index (χ2v) is 5.02. The Balaban J connectivity index is 3.73. The quantitative estimate of drug-likeness (QED) is 0.396. The smallest absolute Gasteiger partial charge is 0.331 e. The van der Waals surface area contributed by atoms with Crippen molar-refractivity contribution in [3.63, 3.8) is 0 Å². The molecular weight excluding hydrogens is 276 g/mol. The number of carbonyl (C=O) groups is 3. The molecule has 0 unspecified atom stereocenters. The van der Waals surface area contributed by atoms with E-state index >= 15 is 0 Å². The third kappa shape index (κ3) is 12.7. The lowest BCUT2D eigenvalue weighted by Crippen LogP contribution is -2.39. The van der Waals surface area contributed by atoms with Crippen LogP contribution in [0.5, 0.6) is 0 Å². The van der Waals surface area contributed by atoms with Gasteiger partial charge in [-0.1, -0.05) is 13.8 Å². The van der Waals surface area contributed by atoms with Gasteiger partial charge in [-0.15, -0.1) is 0 Å². The van der Waals surface area contributed by atoms with Gasteiger partial charge in [0.05, 0.1) is 12.6 Å². The zero-order valence-corrected chi connectivity index (χ0v) is 13.0. The van der Waals surface area contributed by atoms with Gasteiger partial charge in [-0.3, -0.25) is 0 Å². The van der Waals surface area contributed by atoms with Crippen molar-refractivity contribution in [2.45, 2.75) is 33.8 Å². The Labute approximate surface area is 125 Å². The van der Waals surface area contributed by atoms with E-state index in [2.05, 4.69) is 10.6 Å². The van der Waals surface area contributed by atoms with Crippen LogP contribution in [-0.4, -0.2) is 43.8 Å². The SMILES string of the molecule is CC(C)CNC(=O)NCCOC(=O)/C=C/C(=O)OC(C)C. The lowest BCUT2D eigenvalue weighted by atomic mass is 10.2.